The third-order valence-corrected chi connectivity index (χ3v) is 3.37. The minimum absolute atomic E-state index is 0.0975. The van der Waals surface area contributed by atoms with Crippen LogP contribution >= 0.6 is 0 Å². The van der Waals surface area contributed by atoms with Crippen molar-refractivity contribution in [2.45, 2.75) is 13.8 Å². The lowest BCUT2D eigenvalue weighted by Crippen LogP contribution is -2.06. The molecule has 0 aliphatic heterocycles. The highest BCUT2D eigenvalue weighted by atomic mass is 16.5. The number of carbonyl (C=O) groups excluding carboxylic acids is 1. The fourth-order valence-electron chi connectivity index (χ4n) is 2.32. The first kappa shape index (κ1) is 14.1. The van der Waals surface area contributed by atoms with Gasteiger partial charge in [-0.15, -0.1) is 0 Å². The molecule has 22 heavy (non-hydrogen) atoms. The van der Waals surface area contributed by atoms with Gasteiger partial charge in [-0.2, -0.15) is 0 Å². The minimum Gasteiger partial charge on any atom is -0.493 e. The lowest BCUT2D eigenvalue weighted by Gasteiger charge is -2.07. The molecule has 0 aliphatic rings. The minimum atomic E-state index is -0.308. The number of aryl methyl sites for hydroxylation is 1. The molecule has 0 bridgehead atoms. The van der Waals surface area contributed by atoms with E-state index >= 15 is 0 Å². The highest BCUT2D eigenvalue weighted by Gasteiger charge is 2.23. The number of hydrogen-bond donors (Lipinski definition) is 1. The molecule has 0 fully saturated rings. The summed E-state index contributed by atoms with van der Waals surface area (Å²) in [4.78, 5) is 17.0. The summed E-state index contributed by atoms with van der Waals surface area (Å²) in [5.74, 6) is 0.302. The molecule has 0 atom stereocenters. The van der Waals surface area contributed by atoms with E-state index in [9.17, 15) is 4.79 Å². The number of ketones is 1. The van der Waals surface area contributed by atoms with Gasteiger partial charge < -0.3 is 14.9 Å². The Morgan fingerprint density at radius 2 is 2.05 bits per heavy atom. The van der Waals surface area contributed by atoms with E-state index in [1.807, 2.05) is 32.0 Å². The van der Waals surface area contributed by atoms with E-state index in [4.69, 9.17) is 14.9 Å². The molecule has 0 amide bonds. The molecule has 2 heterocycles. The maximum absolute atomic E-state index is 12.7. The van der Waals surface area contributed by atoms with Crippen molar-refractivity contribution >= 4 is 22.6 Å². The number of para-hydroxylation sites is 1. The van der Waals surface area contributed by atoms with Crippen LogP contribution in [0.25, 0.3) is 11.1 Å². The molecule has 3 rings (SSSR count). The Morgan fingerprint density at radius 3 is 2.82 bits per heavy atom. The zero-order chi connectivity index (χ0) is 15.7. The molecule has 5 heteroatoms. The smallest absolute Gasteiger partial charge is 0.234 e. The van der Waals surface area contributed by atoms with Crippen molar-refractivity contribution in [2.75, 3.05) is 12.3 Å². The number of nitrogen functional groups attached to an aromatic ring is 1. The fourth-order valence-corrected chi connectivity index (χ4v) is 2.32. The van der Waals surface area contributed by atoms with Crippen molar-refractivity contribution in [3.8, 4) is 5.75 Å². The van der Waals surface area contributed by atoms with Gasteiger partial charge in [-0.1, -0.05) is 12.1 Å². The van der Waals surface area contributed by atoms with Crippen LogP contribution in [-0.4, -0.2) is 17.4 Å². The Morgan fingerprint density at radius 1 is 1.27 bits per heavy atom. The Balaban J connectivity index is 2.11. The summed E-state index contributed by atoms with van der Waals surface area (Å²) in [6.45, 7) is 4.19. The molecule has 0 radical (unpaired) electrons. The number of furan rings is 1. The number of nitrogens with zero attached hydrogens (tertiary/aromatic N) is 1. The van der Waals surface area contributed by atoms with Gasteiger partial charge in [0, 0.05) is 5.69 Å². The molecule has 0 spiro atoms. The average molecular weight is 296 g/mol. The standard InChI is InChI=1S/C17H16N2O3/c1-3-21-13-7-5-4-6-11(13)15(20)16-14(18)12-9-8-10(2)19-17(12)22-16/h4-9H,3,18H2,1-2H3. The van der Waals surface area contributed by atoms with Crippen LogP contribution in [-0.2, 0) is 0 Å². The van der Waals surface area contributed by atoms with Crippen molar-refractivity contribution < 1.29 is 13.9 Å². The number of pyridine rings is 1. The maximum Gasteiger partial charge on any atom is 0.234 e. The van der Waals surface area contributed by atoms with Crippen LogP contribution in [0.4, 0.5) is 5.69 Å². The second kappa shape index (κ2) is 5.52. The van der Waals surface area contributed by atoms with Crippen LogP contribution < -0.4 is 10.5 Å². The summed E-state index contributed by atoms with van der Waals surface area (Å²) in [6.07, 6.45) is 0. The van der Waals surface area contributed by atoms with Crippen molar-refractivity contribution in [1.29, 1.82) is 0 Å². The highest BCUT2D eigenvalue weighted by molar-refractivity contribution is 6.15. The molecular weight excluding hydrogens is 280 g/mol. The van der Waals surface area contributed by atoms with E-state index in [2.05, 4.69) is 4.98 Å². The first-order valence-electron chi connectivity index (χ1n) is 7.04. The van der Waals surface area contributed by atoms with Crippen LogP contribution in [0.15, 0.2) is 40.8 Å². The number of aromatic nitrogens is 1. The van der Waals surface area contributed by atoms with E-state index < -0.39 is 0 Å². The number of rotatable bonds is 4. The third-order valence-electron chi connectivity index (χ3n) is 3.37. The number of fused-ring (bicyclic) bond motifs is 1. The largest absolute Gasteiger partial charge is 0.493 e. The summed E-state index contributed by atoms with van der Waals surface area (Å²) in [7, 11) is 0. The molecule has 0 unspecified atom stereocenters. The lowest BCUT2D eigenvalue weighted by atomic mass is 10.1. The molecule has 5 nitrogen and oxygen atoms in total. The molecule has 3 aromatic rings. The van der Waals surface area contributed by atoms with Gasteiger partial charge in [-0.05, 0) is 38.1 Å². The van der Waals surface area contributed by atoms with Gasteiger partial charge in [0.15, 0.2) is 0 Å². The Hall–Kier alpha value is -2.82. The van der Waals surface area contributed by atoms with Gasteiger partial charge in [0.2, 0.25) is 17.3 Å². The van der Waals surface area contributed by atoms with Crippen LogP contribution in [0.1, 0.15) is 28.7 Å². The normalized spacial score (nSPS) is 10.8. The van der Waals surface area contributed by atoms with E-state index in [1.165, 1.54) is 0 Å². The highest BCUT2D eigenvalue weighted by Crippen LogP contribution is 2.31. The van der Waals surface area contributed by atoms with Gasteiger partial charge in [0.05, 0.1) is 23.2 Å². The summed E-state index contributed by atoms with van der Waals surface area (Å²) in [5.41, 5.74) is 7.95. The Bertz CT molecular complexity index is 852. The monoisotopic (exact) mass is 296 g/mol. The maximum atomic E-state index is 12.7. The fraction of sp³-hybridized carbons (Fsp3) is 0.176. The van der Waals surface area contributed by atoms with Crippen LogP contribution in [0.3, 0.4) is 0 Å². The first-order valence-corrected chi connectivity index (χ1v) is 7.04. The van der Waals surface area contributed by atoms with E-state index in [-0.39, 0.29) is 11.5 Å². The Labute approximate surface area is 127 Å². The van der Waals surface area contributed by atoms with E-state index in [0.29, 0.717) is 34.7 Å². The second-order valence-corrected chi connectivity index (χ2v) is 4.91. The van der Waals surface area contributed by atoms with Crippen molar-refractivity contribution in [1.82, 2.24) is 4.98 Å². The van der Waals surface area contributed by atoms with Gasteiger partial charge in [-0.25, -0.2) is 4.98 Å². The molecule has 0 aliphatic carbocycles. The molecule has 0 saturated heterocycles. The number of carbonyl (C=O) groups is 1. The number of hydrogen-bond acceptors (Lipinski definition) is 5. The van der Waals surface area contributed by atoms with Gasteiger partial charge >= 0.3 is 0 Å². The second-order valence-electron chi connectivity index (χ2n) is 4.91. The summed E-state index contributed by atoms with van der Waals surface area (Å²) < 4.78 is 11.1. The molecule has 1 aromatic carbocycles. The summed E-state index contributed by atoms with van der Waals surface area (Å²) in [5, 5.41) is 0.642. The third kappa shape index (κ3) is 2.30. The van der Waals surface area contributed by atoms with E-state index in [0.717, 1.165) is 5.69 Å². The summed E-state index contributed by atoms with van der Waals surface area (Å²) >= 11 is 0. The Kier molecular flexibility index (Phi) is 3.55. The quantitative estimate of drug-likeness (QED) is 0.747. The summed E-state index contributed by atoms with van der Waals surface area (Å²) in [6, 6.07) is 10.7. The molecule has 0 saturated carbocycles. The van der Waals surface area contributed by atoms with Gasteiger partial charge in [-0.3, -0.25) is 4.79 Å². The molecule has 2 aromatic heterocycles. The predicted molar refractivity (Wildman–Crippen MR) is 84.2 cm³/mol. The van der Waals surface area contributed by atoms with Crippen molar-refractivity contribution in [3.05, 3.63) is 53.4 Å². The van der Waals surface area contributed by atoms with Crippen molar-refractivity contribution in [2.24, 2.45) is 0 Å². The zero-order valence-electron chi connectivity index (χ0n) is 12.4. The number of benzene rings is 1. The lowest BCUT2D eigenvalue weighted by molar-refractivity contribution is 0.101. The van der Waals surface area contributed by atoms with Gasteiger partial charge in [0.25, 0.3) is 0 Å². The number of nitrogens with two attached hydrogens (primary N) is 1. The predicted octanol–water partition coefficient (Wildman–Crippen LogP) is 3.35. The first-order chi connectivity index (χ1) is 10.6. The molecular formula is C17H16N2O3. The van der Waals surface area contributed by atoms with Crippen LogP contribution in [0.2, 0.25) is 0 Å². The average Bonchev–Trinajstić information content (AvgIpc) is 2.84. The zero-order valence-corrected chi connectivity index (χ0v) is 12.4. The number of ether oxygens (including phenoxy) is 1. The molecule has 2 N–H and O–H groups in total. The van der Waals surface area contributed by atoms with Crippen molar-refractivity contribution in [3.63, 3.8) is 0 Å². The van der Waals surface area contributed by atoms with E-state index in [1.54, 1.807) is 18.2 Å². The van der Waals surface area contributed by atoms with Crippen LogP contribution in [0.5, 0.6) is 5.75 Å². The van der Waals surface area contributed by atoms with Crippen LogP contribution in [0, 0.1) is 6.92 Å². The van der Waals surface area contributed by atoms with Gasteiger partial charge in [0.1, 0.15) is 5.75 Å². The topological polar surface area (TPSA) is 78.3 Å². The number of anilines is 1. The SMILES string of the molecule is CCOc1ccccc1C(=O)c1oc2nc(C)ccc2c1N. The molecule has 112 valence electrons.